The standard InChI is InChI=1S/C13H25NO2/c1-12-5-3-2-4-7-14(12)9-13(10-15)6-8-16-11-13/h12,15H,2-11H2,1H3. The summed E-state index contributed by atoms with van der Waals surface area (Å²) in [5.41, 5.74) is 0.0264. The van der Waals surface area contributed by atoms with Gasteiger partial charge in [0.15, 0.2) is 0 Å². The van der Waals surface area contributed by atoms with Crippen molar-refractivity contribution in [2.24, 2.45) is 5.41 Å². The van der Waals surface area contributed by atoms with Crippen LogP contribution in [0.4, 0.5) is 0 Å². The van der Waals surface area contributed by atoms with Crippen LogP contribution in [0.15, 0.2) is 0 Å². The third-order valence-electron chi connectivity index (χ3n) is 4.25. The van der Waals surface area contributed by atoms with Gasteiger partial charge >= 0.3 is 0 Å². The van der Waals surface area contributed by atoms with Crippen molar-refractivity contribution < 1.29 is 9.84 Å². The molecular formula is C13H25NO2. The summed E-state index contributed by atoms with van der Waals surface area (Å²) in [6, 6.07) is 0.673. The fourth-order valence-corrected chi connectivity index (χ4v) is 2.95. The van der Waals surface area contributed by atoms with Gasteiger partial charge in [-0.15, -0.1) is 0 Å². The maximum atomic E-state index is 9.60. The summed E-state index contributed by atoms with van der Waals surface area (Å²) in [6.07, 6.45) is 6.37. The average Bonchev–Trinajstić information content (AvgIpc) is 2.67. The number of hydrogen-bond acceptors (Lipinski definition) is 3. The highest BCUT2D eigenvalue weighted by Crippen LogP contribution is 2.31. The first kappa shape index (κ1) is 12.3. The molecule has 2 aliphatic rings. The van der Waals surface area contributed by atoms with Gasteiger partial charge in [-0.2, -0.15) is 0 Å². The van der Waals surface area contributed by atoms with E-state index in [1.807, 2.05) is 0 Å². The van der Waals surface area contributed by atoms with Gasteiger partial charge in [0.25, 0.3) is 0 Å². The van der Waals surface area contributed by atoms with E-state index in [4.69, 9.17) is 4.74 Å². The van der Waals surface area contributed by atoms with Gasteiger partial charge in [-0.25, -0.2) is 0 Å². The lowest BCUT2D eigenvalue weighted by atomic mass is 9.87. The Morgan fingerprint density at radius 3 is 2.94 bits per heavy atom. The highest BCUT2D eigenvalue weighted by atomic mass is 16.5. The molecule has 0 bridgehead atoms. The Bertz CT molecular complexity index is 214. The predicted molar refractivity (Wildman–Crippen MR) is 64.5 cm³/mol. The van der Waals surface area contributed by atoms with E-state index in [0.29, 0.717) is 6.04 Å². The molecule has 94 valence electrons. The molecule has 0 aromatic heterocycles. The maximum absolute atomic E-state index is 9.60. The van der Waals surface area contributed by atoms with Crippen LogP contribution >= 0.6 is 0 Å². The molecule has 0 radical (unpaired) electrons. The Hall–Kier alpha value is -0.120. The molecule has 2 saturated heterocycles. The molecule has 2 aliphatic heterocycles. The summed E-state index contributed by atoms with van der Waals surface area (Å²) in [5.74, 6) is 0. The number of nitrogens with zero attached hydrogens (tertiary/aromatic N) is 1. The zero-order valence-electron chi connectivity index (χ0n) is 10.5. The van der Waals surface area contributed by atoms with E-state index in [1.54, 1.807) is 0 Å². The summed E-state index contributed by atoms with van der Waals surface area (Å²) in [4.78, 5) is 2.57. The van der Waals surface area contributed by atoms with Crippen LogP contribution in [0.5, 0.6) is 0 Å². The third kappa shape index (κ3) is 2.76. The second-order valence-electron chi connectivity index (χ2n) is 5.63. The first-order chi connectivity index (χ1) is 7.76. The van der Waals surface area contributed by atoms with E-state index in [-0.39, 0.29) is 12.0 Å². The van der Waals surface area contributed by atoms with Gasteiger partial charge in [0.1, 0.15) is 0 Å². The minimum absolute atomic E-state index is 0.0264. The molecule has 0 aliphatic carbocycles. The second-order valence-corrected chi connectivity index (χ2v) is 5.63. The quantitative estimate of drug-likeness (QED) is 0.796. The molecule has 2 unspecified atom stereocenters. The topological polar surface area (TPSA) is 32.7 Å². The van der Waals surface area contributed by atoms with Crippen LogP contribution in [0.2, 0.25) is 0 Å². The molecule has 0 saturated carbocycles. The van der Waals surface area contributed by atoms with Gasteiger partial charge < -0.3 is 9.84 Å². The van der Waals surface area contributed by atoms with Crippen molar-refractivity contribution >= 4 is 0 Å². The van der Waals surface area contributed by atoms with E-state index in [1.165, 1.54) is 32.2 Å². The summed E-state index contributed by atoms with van der Waals surface area (Å²) in [5, 5.41) is 9.60. The van der Waals surface area contributed by atoms with Crippen LogP contribution in [-0.4, -0.2) is 49.0 Å². The molecule has 2 atom stereocenters. The molecule has 2 heterocycles. The Morgan fingerprint density at radius 1 is 1.38 bits per heavy atom. The van der Waals surface area contributed by atoms with E-state index in [0.717, 1.165) is 26.2 Å². The van der Waals surface area contributed by atoms with Crippen LogP contribution in [0.25, 0.3) is 0 Å². The normalized spacial score (nSPS) is 37.5. The first-order valence-corrected chi connectivity index (χ1v) is 6.68. The molecule has 1 N–H and O–H groups in total. The van der Waals surface area contributed by atoms with Crippen molar-refractivity contribution in [3.05, 3.63) is 0 Å². The largest absolute Gasteiger partial charge is 0.396 e. The van der Waals surface area contributed by atoms with E-state index >= 15 is 0 Å². The summed E-state index contributed by atoms with van der Waals surface area (Å²) >= 11 is 0. The van der Waals surface area contributed by atoms with Gasteiger partial charge in [-0.1, -0.05) is 12.8 Å². The fraction of sp³-hybridized carbons (Fsp3) is 1.00. The molecule has 2 fully saturated rings. The Labute approximate surface area is 98.8 Å². The monoisotopic (exact) mass is 227 g/mol. The molecule has 0 spiro atoms. The number of hydrogen-bond donors (Lipinski definition) is 1. The van der Waals surface area contributed by atoms with Crippen LogP contribution in [0.3, 0.4) is 0 Å². The number of aliphatic hydroxyl groups excluding tert-OH is 1. The number of likely N-dealkylation sites (tertiary alicyclic amines) is 1. The van der Waals surface area contributed by atoms with Crippen molar-refractivity contribution in [2.45, 2.75) is 45.1 Å². The SMILES string of the molecule is CC1CCCCCN1CC1(CO)CCOC1. The molecular weight excluding hydrogens is 202 g/mol. The van der Waals surface area contributed by atoms with E-state index in [2.05, 4.69) is 11.8 Å². The highest BCUT2D eigenvalue weighted by Gasteiger charge is 2.37. The van der Waals surface area contributed by atoms with Crippen molar-refractivity contribution in [2.75, 3.05) is 32.9 Å². The molecule has 3 nitrogen and oxygen atoms in total. The predicted octanol–water partition coefficient (Wildman–Crippen LogP) is 1.65. The Kier molecular flexibility index (Phi) is 4.22. The number of ether oxygens (including phenoxy) is 1. The molecule has 0 amide bonds. The van der Waals surface area contributed by atoms with Crippen molar-refractivity contribution in [1.82, 2.24) is 4.90 Å². The molecule has 0 aromatic carbocycles. The molecule has 3 heteroatoms. The third-order valence-corrected chi connectivity index (χ3v) is 4.25. The average molecular weight is 227 g/mol. The zero-order valence-corrected chi connectivity index (χ0v) is 10.5. The van der Waals surface area contributed by atoms with Gasteiger partial charge in [0, 0.05) is 24.6 Å². The Morgan fingerprint density at radius 2 is 2.25 bits per heavy atom. The smallest absolute Gasteiger partial charge is 0.0557 e. The lowest BCUT2D eigenvalue weighted by Crippen LogP contribution is -2.44. The van der Waals surface area contributed by atoms with Gasteiger partial charge in [-0.3, -0.25) is 4.90 Å². The summed E-state index contributed by atoms with van der Waals surface area (Å²) < 4.78 is 5.47. The molecule has 2 rings (SSSR count). The van der Waals surface area contributed by atoms with Crippen molar-refractivity contribution in [3.8, 4) is 0 Å². The lowest BCUT2D eigenvalue weighted by Gasteiger charge is -2.35. The minimum Gasteiger partial charge on any atom is -0.396 e. The van der Waals surface area contributed by atoms with Gasteiger partial charge in [0.2, 0.25) is 0 Å². The second kappa shape index (κ2) is 5.48. The molecule has 0 aromatic rings. The van der Waals surface area contributed by atoms with E-state index in [9.17, 15) is 5.11 Å². The van der Waals surface area contributed by atoms with Gasteiger partial charge in [-0.05, 0) is 32.7 Å². The Balaban J connectivity index is 1.95. The van der Waals surface area contributed by atoms with Crippen molar-refractivity contribution in [3.63, 3.8) is 0 Å². The maximum Gasteiger partial charge on any atom is 0.0557 e. The number of aliphatic hydroxyl groups is 1. The molecule has 16 heavy (non-hydrogen) atoms. The highest BCUT2D eigenvalue weighted by molar-refractivity contribution is 4.87. The van der Waals surface area contributed by atoms with Crippen molar-refractivity contribution in [1.29, 1.82) is 0 Å². The lowest BCUT2D eigenvalue weighted by molar-refractivity contribution is 0.0449. The van der Waals surface area contributed by atoms with E-state index < -0.39 is 0 Å². The summed E-state index contributed by atoms with van der Waals surface area (Å²) in [6.45, 7) is 6.38. The van der Waals surface area contributed by atoms with Crippen LogP contribution in [0, 0.1) is 5.41 Å². The fourth-order valence-electron chi connectivity index (χ4n) is 2.95. The first-order valence-electron chi connectivity index (χ1n) is 6.68. The zero-order chi connectivity index (χ0) is 11.4. The number of rotatable bonds is 3. The van der Waals surface area contributed by atoms with Gasteiger partial charge in [0.05, 0.1) is 13.2 Å². The summed E-state index contributed by atoms with van der Waals surface area (Å²) in [7, 11) is 0. The van der Waals surface area contributed by atoms with Crippen LogP contribution in [0.1, 0.15) is 39.0 Å². The van der Waals surface area contributed by atoms with Crippen LogP contribution in [-0.2, 0) is 4.74 Å². The van der Waals surface area contributed by atoms with Crippen LogP contribution < -0.4 is 0 Å². The minimum atomic E-state index is 0.0264.